The highest BCUT2D eigenvalue weighted by Gasteiger charge is 2.59. The Labute approximate surface area is 194 Å². The van der Waals surface area contributed by atoms with Crippen molar-refractivity contribution in [3.8, 4) is 0 Å². The summed E-state index contributed by atoms with van der Waals surface area (Å²) in [6, 6.07) is 19.0. The zero-order chi connectivity index (χ0) is 23.7. The van der Waals surface area contributed by atoms with E-state index < -0.39 is 44.5 Å². The molecule has 2 aromatic carbocycles. The summed E-state index contributed by atoms with van der Waals surface area (Å²) in [6.45, 7) is 3.63. The van der Waals surface area contributed by atoms with Gasteiger partial charge in [-0.2, -0.15) is 0 Å². The fourth-order valence-corrected chi connectivity index (χ4v) is 5.72. The molecule has 4 atom stereocenters. The van der Waals surface area contributed by atoms with Crippen LogP contribution in [0.25, 0.3) is 0 Å². The number of ether oxygens (including phenoxy) is 3. The highest BCUT2D eigenvalue weighted by Crippen LogP contribution is 2.53. The van der Waals surface area contributed by atoms with E-state index in [9.17, 15) is 14.8 Å². The van der Waals surface area contributed by atoms with Crippen molar-refractivity contribution in [1.29, 1.82) is 0 Å². The Hall–Kier alpha value is -1.61. The molecule has 0 radical (unpaired) electrons. The quantitative estimate of drug-likeness (QED) is 0.420. The molecular weight excluding hydrogens is 447 g/mol. The highest BCUT2D eigenvalue weighted by atomic mass is 31.2. The summed E-state index contributed by atoms with van der Waals surface area (Å²) >= 11 is 0. The van der Waals surface area contributed by atoms with E-state index in [1.807, 2.05) is 60.7 Å². The Kier molecular flexibility index (Phi) is 9.61. The van der Waals surface area contributed by atoms with Gasteiger partial charge in [-0.1, -0.05) is 60.7 Å². The van der Waals surface area contributed by atoms with Crippen LogP contribution in [-0.4, -0.2) is 60.3 Å². The molecule has 0 unspecified atom stereocenters. The first kappa shape index (κ1) is 26.0. The third-order valence-corrected chi connectivity index (χ3v) is 7.42. The first-order valence-corrected chi connectivity index (χ1v) is 12.9. The zero-order valence-electron chi connectivity index (χ0n) is 19.0. The molecule has 1 aliphatic heterocycles. The van der Waals surface area contributed by atoms with Gasteiger partial charge in [0.25, 0.3) is 0 Å². The zero-order valence-corrected chi connectivity index (χ0v) is 19.9. The second-order valence-electron chi connectivity index (χ2n) is 7.77. The molecule has 0 saturated carbocycles. The molecule has 2 aromatic rings. The molecule has 33 heavy (non-hydrogen) atoms. The Balaban J connectivity index is 1.85. The van der Waals surface area contributed by atoms with Gasteiger partial charge in [0.05, 0.1) is 33.0 Å². The molecule has 182 valence electrons. The van der Waals surface area contributed by atoms with Gasteiger partial charge in [0.15, 0.2) is 0 Å². The molecule has 1 saturated heterocycles. The molecule has 1 heterocycles. The van der Waals surface area contributed by atoms with Gasteiger partial charge in [-0.3, -0.25) is 4.57 Å². The third kappa shape index (κ3) is 6.94. The minimum Gasteiger partial charge on any atom is -0.394 e. The first-order chi connectivity index (χ1) is 15.9. The lowest BCUT2D eigenvalue weighted by Crippen LogP contribution is -2.48. The number of hydrogen-bond donors (Lipinski definition) is 2. The second-order valence-corrected chi connectivity index (χ2v) is 9.82. The van der Waals surface area contributed by atoms with Crippen LogP contribution in [0.5, 0.6) is 0 Å². The number of aliphatic hydroxyl groups excluding tert-OH is 1. The van der Waals surface area contributed by atoms with E-state index in [0.717, 1.165) is 11.1 Å². The molecule has 0 bridgehead atoms. The topological polar surface area (TPSA) is 104 Å². The molecular formula is C24H33O8P. The van der Waals surface area contributed by atoms with Crippen molar-refractivity contribution in [2.75, 3.05) is 26.0 Å². The Morgan fingerprint density at radius 2 is 1.42 bits per heavy atom. The van der Waals surface area contributed by atoms with Crippen molar-refractivity contribution in [3.63, 3.8) is 0 Å². The Morgan fingerprint density at radius 1 is 0.909 bits per heavy atom. The van der Waals surface area contributed by atoms with Gasteiger partial charge in [0, 0.05) is 0 Å². The van der Waals surface area contributed by atoms with E-state index in [4.69, 9.17) is 23.3 Å². The maximum Gasteiger partial charge on any atom is 0.336 e. The first-order valence-electron chi connectivity index (χ1n) is 11.1. The van der Waals surface area contributed by atoms with Crippen LogP contribution in [0.1, 0.15) is 25.0 Å². The lowest BCUT2D eigenvalue weighted by molar-refractivity contribution is -0.229. The molecule has 2 N–H and O–H groups in total. The van der Waals surface area contributed by atoms with E-state index in [1.54, 1.807) is 13.8 Å². The smallest absolute Gasteiger partial charge is 0.336 e. The van der Waals surface area contributed by atoms with Gasteiger partial charge in [0.1, 0.15) is 24.5 Å². The third-order valence-electron chi connectivity index (χ3n) is 5.27. The van der Waals surface area contributed by atoms with Gasteiger partial charge in [0.2, 0.25) is 5.79 Å². The molecule has 9 heteroatoms. The average molecular weight is 480 g/mol. The van der Waals surface area contributed by atoms with Crippen molar-refractivity contribution < 1.29 is 38.0 Å². The Morgan fingerprint density at radius 3 is 1.91 bits per heavy atom. The summed E-state index contributed by atoms with van der Waals surface area (Å²) in [5, 5.41) is 21.5. The largest absolute Gasteiger partial charge is 0.394 e. The van der Waals surface area contributed by atoms with Crippen molar-refractivity contribution in [3.05, 3.63) is 71.8 Å². The minimum absolute atomic E-state index is 0.139. The van der Waals surface area contributed by atoms with Crippen molar-refractivity contribution in [2.45, 2.75) is 51.2 Å². The average Bonchev–Trinajstić information content (AvgIpc) is 3.07. The fraction of sp³-hybridized carbons (Fsp3) is 0.500. The summed E-state index contributed by atoms with van der Waals surface area (Å²) < 4.78 is 42.0. The second kappa shape index (κ2) is 12.2. The van der Waals surface area contributed by atoms with Crippen molar-refractivity contribution >= 4 is 7.60 Å². The molecule has 3 rings (SSSR count). The summed E-state index contributed by atoms with van der Waals surface area (Å²) in [5.74, 6) is -2.05. The SMILES string of the molecule is CCOP(=O)(C[C@]1(O)O[C@H](CO)[C@@H](OCc2ccccc2)[C@@H]1OCc1ccccc1)OCC. The standard InChI is InChI=1S/C24H33O8P/c1-3-30-33(27,31-4-2)18-24(26)23(29-17-20-13-9-6-10-14-20)22(21(15-25)32-24)28-16-19-11-7-5-8-12-19/h5-14,21-23,25-26H,3-4,15-18H2,1-2H3/t21-,22-,23+,24+/m1/s1. The summed E-state index contributed by atoms with van der Waals surface area (Å²) in [6.07, 6.45) is -3.22. The van der Waals surface area contributed by atoms with Crippen LogP contribution in [0, 0.1) is 0 Å². The van der Waals surface area contributed by atoms with Gasteiger partial charge in [-0.15, -0.1) is 0 Å². The van der Waals surface area contributed by atoms with Crippen molar-refractivity contribution in [1.82, 2.24) is 0 Å². The maximum atomic E-state index is 13.2. The molecule has 0 aliphatic carbocycles. The number of aliphatic hydroxyl groups is 2. The van der Waals surface area contributed by atoms with Gasteiger partial charge >= 0.3 is 7.60 Å². The lowest BCUT2D eigenvalue weighted by Gasteiger charge is -2.32. The molecule has 0 spiro atoms. The minimum atomic E-state index is -3.70. The van der Waals surface area contributed by atoms with E-state index in [2.05, 4.69) is 0 Å². The molecule has 0 amide bonds. The van der Waals surface area contributed by atoms with Crippen LogP contribution in [0.15, 0.2) is 60.7 Å². The summed E-state index contributed by atoms with van der Waals surface area (Å²) in [5.41, 5.74) is 1.80. The molecule has 8 nitrogen and oxygen atoms in total. The maximum absolute atomic E-state index is 13.2. The normalized spacial score (nSPS) is 25.4. The van der Waals surface area contributed by atoms with E-state index in [-0.39, 0.29) is 26.4 Å². The summed E-state index contributed by atoms with van der Waals surface area (Å²) in [7, 11) is -3.70. The number of benzene rings is 2. The van der Waals surface area contributed by atoms with Crippen LogP contribution < -0.4 is 0 Å². The van der Waals surface area contributed by atoms with E-state index in [0.29, 0.717) is 0 Å². The fourth-order valence-electron chi connectivity index (χ4n) is 3.86. The molecule has 1 aliphatic rings. The monoisotopic (exact) mass is 480 g/mol. The number of hydrogen-bond acceptors (Lipinski definition) is 8. The van der Waals surface area contributed by atoms with Crippen LogP contribution >= 0.6 is 7.60 Å². The van der Waals surface area contributed by atoms with E-state index in [1.165, 1.54) is 0 Å². The molecule has 0 aromatic heterocycles. The van der Waals surface area contributed by atoms with Crippen LogP contribution in [0.2, 0.25) is 0 Å². The lowest BCUT2D eigenvalue weighted by atomic mass is 10.1. The summed E-state index contributed by atoms with van der Waals surface area (Å²) in [4.78, 5) is 0. The van der Waals surface area contributed by atoms with Crippen LogP contribution in [0.4, 0.5) is 0 Å². The Bertz CT molecular complexity index is 871. The highest BCUT2D eigenvalue weighted by molar-refractivity contribution is 7.53. The molecule has 1 fully saturated rings. The van der Waals surface area contributed by atoms with E-state index >= 15 is 0 Å². The van der Waals surface area contributed by atoms with Crippen LogP contribution in [0.3, 0.4) is 0 Å². The van der Waals surface area contributed by atoms with Gasteiger partial charge in [-0.05, 0) is 25.0 Å². The van der Waals surface area contributed by atoms with Crippen molar-refractivity contribution in [2.24, 2.45) is 0 Å². The predicted molar refractivity (Wildman–Crippen MR) is 123 cm³/mol. The predicted octanol–water partition coefficient (Wildman–Crippen LogP) is 3.50. The van der Waals surface area contributed by atoms with Gasteiger partial charge in [-0.25, -0.2) is 0 Å². The van der Waals surface area contributed by atoms with Crippen LogP contribution in [-0.2, 0) is 41.0 Å². The van der Waals surface area contributed by atoms with Gasteiger partial charge < -0.3 is 33.5 Å². The number of rotatable bonds is 13.